The highest BCUT2D eigenvalue weighted by molar-refractivity contribution is 7.92. The predicted octanol–water partition coefficient (Wildman–Crippen LogP) is 9.85. The van der Waals surface area contributed by atoms with Crippen LogP contribution in [0.2, 0.25) is 0 Å². The number of carbonyl (C=O) groups is 1. The van der Waals surface area contributed by atoms with Crippen molar-refractivity contribution < 1.29 is 91.8 Å². The van der Waals surface area contributed by atoms with Crippen molar-refractivity contribution in [1.29, 1.82) is 0 Å². The maximum absolute atomic E-state index is 15.4. The third kappa shape index (κ3) is 9.64. The van der Waals surface area contributed by atoms with Crippen LogP contribution >= 0.6 is 0 Å². The monoisotopic (exact) mass is 1060 g/mol. The van der Waals surface area contributed by atoms with Crippen molar-refractivity contribution in [1.82, 2.24) is 0 Å². The summed E-state index contributed by atoms with van der Waals surface area (Å²) < 4.78 is 249. The SMILES string of the molecule is COS(=O)(=O)c1cc(S(=O)(=O)c2ccc(Oc3c(C)cc(S(=O)(=O)c4cc(C)c(Oc5c(F)c(F)c(C(=O)c6c(F)c(F)c(C)c(F)c6F)c(F)c5F)c(C)c4)cc3C)c(CS(=O)(=O)O)c2)ccc1C. The fourth-order valence-electron chi connectivity index (χ4n) is 7.14. The molecule has 0 spiro atoms. The van der Waals surface area contributed by atoms with E-state index in [9.17, 15) is 60.6 Å². The molecule has 0 fully saturated rings. The maximum Gasteiger partial charge on any atom is 0.297 e. The Balaban J connectivity index is 1.32. The van der Waals surface area contributed by atoms with Gasteiger partial charge in [0.2, 0.25) is 42.8 Å². The lowest BCUT2D eigenvalue weighted by atomic mass is 9.98. The molecule has 0 atom stereocenters. The van der Waals surface area contributed by atoms with Gasteiger partial charge >= 0.3 is 0 Å². The van der Waals surface area contributed by atoms with Gasteiger partial charge in [0.1, 0.15) is 34.1 Å². The molecule has 0 aromatic heterocycles. The Morgan fingerprint density at radius 2 is 0.886 bits per heavy atom. The topological polar surface area (TPSA) is 202 Å². The largest absolute Gasteiger partial charge is 0.456 e. The summed E-state index contributed by atoms with van der Waals surface area (Å²) in [5.74, 6) is -25.5. The number of carbonyl (C=O) groups excluding carboxylic acids is 1. The average Bonchev–Trinajstić information content (AvgIpc) is 3.27. The van der Waals surface area contributed by atoms with Crippen molar-refractivity contribution in [3.8, 4) is 23.0 Å². The van der Waals surface area contributed by atoms with E-state index in [1.165, 1.54) is 40.7 Å². The van der Waals surface area contributed by atoms with Crippen molar-refractivity contribution in [2.75, 3.05) is 7.11 Å². The van der Waals surface area contributed by atoms with E-state index in [0.29, 0.717) is 6.92 Å². The summed E-state index contributed by atoms with van der Waals surface area (Å²) in [7, 11) is -17.5. The molecule has 70 heavy (non-hydrogen) atoms. The Morgan fingerprint density at radius 3 is 1.33 bits per heavy atom. The van der Waals surface area contributed by atoms with Gasteiger partial charge in [0.15, 0.2) is 34.9 Å². The Labute approximate surface area is 395 Å². The van der Waals surface area contributed by atoms with Gasteiger partial charge in [-0.15, -0.1) is 0 Å². The lowest BCUT2D eigenvalue weighted by molar-refractivity contribution is 0.101. The van der Waals surface area contributed by atoms with Gasteiger partial charge in [-0.1, -0.05) is 6.07 Å². The van der Waals surface area contributed by atoms with Gasteiger partial charge < -0.3 is 9.47 Å². The van der Waals surface area contributed by atoms with Crippen molar-refractivity contribution in [3.05, 3.63) is 157 Å². The summed E-state index contributed by atoms with van der Waals surface area (Å²) in [4.78, 5) is 10.5. The maximum atomic E-state index is 15.4. The van der Waals surface area contributed by atoms with Crippen molar-refractivity contribution >= 4 is 45.7 Å². The van der Waals surface area contributed by atoms with Crippen LogP contribution in [0.1, 0.15) is 54.9 Å². The summed E-state index contributed by atoms with van der Waals surface area (Å²) in [5.41, 5.74) is -6.13. The summed E-state index contributed by atoms with van der Waals surface area (Å²) in [5, 5.41) is 0. The number of ether oxygens (including phenoxy) is 2. The highest BCUT2D eigenvalue weighted by atomic mass is 32.2. The molecule has 0 heterocycles. The normalized spacial score (nSPS) is 12.3. The molecule has 1 N–H and O–H groups in total. The Morgan fingerprint density at radius 1 is 0.486 bits per heavy atom. The van der Waals surface area contributed by atoms with Gasteiger partial charge in [0.05, 0.1) is 31.6 Å². The predicted molar refractivity (Wildman–Crippen MR) is 231 cm³/mol. The van der Waals surface area contributed by atoms with E-state index < -0.39 is 146 Å². The molecule has 372 valence electrons. The van der Waals surface area contributed by atoms with Crippen LogP contribution in [-0.4, -0.2) is 51.1 Å². The first kappa shape index (κ1) is 53.1. The van der Waals surface area contributed by atoms with Crippen molar-refractivity contribution in [2.24, 2.45) is 0 Å². The van der Waals surface area contributed by atoms with E-state index >= 15 is 17.6 Å². The van der Waals surface area contributed by atoms with Gasteiger partial charge in [0.25, 0.3) is 20.2 Å². The minimum absolute atomic E-state index is 0.0556. The average molecular weight is 1060 g/mol. The first-order chi connectivity index (χ1) is 32.3. The second-order valence-electron chi connectivity index (χ2n) is 15.6. The van der Waals surface area contributed by atoms with E-state index in [1.54, 1.807) is 0 Å². The van der Waals surface area contributed by atoms with Gasteiger partial charge in [-0.3, -0.25) is 13.5 Å². The number of hydrogen-bond acceptors (Lipinski definition) is 12. The molecule has 13 nitrogen and oxygen atoms in total. The third-order valence-corrected chi connectivity index (χ3v) is 16.3. The van der Waals surface area contributed by atoms with E-state index in [1.807, 2.05) is 0 Å². The number of sulfone groups is 2. The molecule has 25 heteroatoms. The summed E-state index contributed by atoms with van der Waals surface area (Å²) >= 11 is 0. The van der Waals surface area contributed by atoms with Gasteiger partial charge in [-0.2, -0.15) is 25.6 Å². The van der Waals surface area contributed by atoms with Crippen LogP contribution in [0.25, 0.3) is 0 Å². The molecular formula is C45H34F8O13S4. The molecule has 6 rings (SSSR count). The highest BCUT2D eigenvalue weighted by Gasteiger charge is 2.37. The summed E-state index contributed by atoms with van der Waals surface area (Å²) in [6.07, 6.45) is 0. The molecule has 6 aromatic carbocycles. The molecule has 0 saturated carbocycles. The minimum Gasteiger partial charge on any atom is -0.456 e. The lowest BCUT2D eigenvalue weighted by Gasteiger charge is -2.18. The van der Waals surface area contributed by atoms with Crippen LogP contribution in [0.4, 0.5) is 35.1 Å². The van der Waals surface area contributed by atoms with E-state index in [-0.39, 0.29) is 49.8 Å². The molecule has 0 aliphatic carbocycles. The zero-order chi connectivity index (χ0) is 52.5. The third-order valence-electron chi connectivity index (χ3n) is 10.7. The molecule has 0 amide bonds. The van der Waals surface area contributed by atoms with E-state index in [4.69, 9.17) is 9.47 Å². The lowest BCUT2D eigenvalue weighted by Crippen LogP contribution is -2.18. The van der Waals surface area contributed by atoms with Crippen molar-refractivity contribution in [3.63, 3.8) is 0 Å². The Bertz CT molecular complexity index is 3610. The van der Waals surface area contributed by atoms with Crippen LogP contribution < -0.4 is 9.47 Å². The van der Waals surface area contributed by atoms with Gasteiger partial charge in [-0.05, 0) is 124 Å². The van der Waals surface area contributed by atoms with Crippen LogP contribution in [0.15, 0.2) is 85.1 Å². The fourth-order valence-corrected chi connectivity index (χ4v) is 11.7. The smallest absolute Gasteiger partial charge is 0.297 e. The Hall–Kier alpha value is -6.25. The number of ketones is 1. The first-order valence-electron chi connectivity index (χ1n) is 19.6. The summed E-state index contributed by atoms with van der Waals surface area (Å²) in [6, 6.07) is 10.3. The second-order valence-corrected chi connectivity index (χ2v) is 22.6. The molecule has 0 unspecified atom stereocenters. The van der Waals surface area contributed by atoms with Crippen LogP contribution in [0, 0.1) is 88.1 Å². The molecule has 6 aromatic rings. The number of aryl methyl sites for hydroxylation is 5. The second kappa shape index (κ2) is 18.8. The zero-order valence-electron chi connectivity index (χ0n) is 37.0. The van der Waals surface area contributed by atoms with Gasteiger partial charge in [0, 0.05) is 11.1 Å². The van der Waals surface area contributed by atoms with Crippen LogP contribution in [-0.2, 0) is 49.8 Å². The van der Waals surface area contributed by atoms with Crippen LogP contribution in [0.5, 0.6) is 23.0 Å². The molecule has 0 bridgehead atoms. The van der Waals surface area contributed by atoms with E-state index in [2.05, 4.69) is 4.18 Å². The standard InChI is InChI=1S/C45H34F8O13S4/c1-19-8-9-27(17-31(19)70(62,63)64-7)68(58,59)26-10-11-30(25(16-26)18-67(55,56)57)65-43-20(2)12-28(13-21(43)3)69(60,61)29-14-22(4)44(23(5)15-29)66-45-40(52)38(50)33(39(51)41(45)53)42(54)32-36(48)34(46)24(6)35(47)37(32)49/h8-17H,18H2,1-7H3,(H,55,56,57). The number of halogens is 8. The first-order valence-corrected chi connectivity index (χ1v) is 25.6. The number of rotatable bonds is 14. The zero-order valence-corrected chi connectivity index (χ0v) is 40.2. The molecule has 0 saturated heterocycles. The minimum atomic E-state index is -4.87. The van der Waals surface area contributed by atoms with Crippen molar-refractivity contribution in [2.45, 2.75) is 71.8 Å². The molecule has 0 radical (unpaired) electrons. The van der Waals surface area contributed by atoms with Gasteiger partial charge in [-0.25, -0.2) is 43.2 Å². The molecule has 0 aliphatic rings. The van der Waals surface area contributed by atoms with Crippen LogP contribution in [0.3, 0.4) is 0 Å². The molecular weight excluding hydrogens is 1030 g/mol. The van der Waals surface area contributed by atoms with E-state index in [0.717, 1.165) is 61.7 Å². The number of benzene rings is 6. The molecule has 0 aliphatic heterocycles. The quantitative estimate of drug-likeness (QED) is 0.0355. The number of hydrogen-bond donors (Lipinski definition) is 1. The fraction of sp³-hybridized carbons (Fsp3) is 0.178. The summed E-state index contributed by atoms with van der Waals surface area (Å²) in [6.45, 7) is 7.10. The highest BCUT2D eigenvalue weighted by Crippen LogP contribution is 2.41. The Kier molecular flexibility index (Phi) is 14.3.